The van der Waals surface area contributed by atoms with Gasteiger partial charge in [0.25, 0.3) is 0 Å². The Balaban J connectivity index is 1.26. The Bertz CT molecular complexity index is 3480. The normalized spacial score (nSPS) is 12.0. The Morgan fingerprint density at radius 3 is 1.45 bits per heavy atom. The van der Waals surface area contributed by atoms with Gasteiger partial charge in [-0.3, -0.25) is 4.57 Å². The molecule has 0 saturated heterocycles. The Labute approximate surface area is 315 Å². The highest BCUT2D eigenvalue weighted by atomic mass is 15.1. The van der Waals surface area contributed by atoms with Crippen LogP contribution in [-0.2, 0) is 0 Å². The van der Waals surface area contributed by atoms with Crippen LogP contribution in [0.4, 0.5) is 0 Å². The topological polar surface area (TPSA) is 40.6 Å². The van der Waals surface area contributed by atoms with Gasteiger partial charge < -0.3 is 9.13 Å². The third-order valence-corrected chi connectivity index (χ3v) is 11.2. The number of para-hydroxylation sites is 6. The molecule has 5 nitrogen and oxygen atoms in total. The van der Waals surface area contributed by atoms with Crippen molar-refractivity contribution >= 4 is 76.5 Å². The molecule has 5 heteroatoms. The lowest BCUT2D eigenvalue weighted by Gasteiger charge is -2.16. The van der Waals surface area contributed by atoms with Gasteiger partial charge in [-0.1, -0.05) is 133 Å². The monoisotopic (exact) mass is 701 g/mol. The maximum Gasteiger partial charge on any atom is 0.165 e. The van der Waals surface area contributed by atoms with Gasteiger partial charge in [0.2, 0.25) is 0 Å². The molecular formula is C50H31N5. The van der Waals surface area contributed by atoms with Crippen LogP contribution in [0, 0.1) is 0 Å². The maximum atomic E-state index is 5.46. The summed E-state index contributed by atoms with van der Waals surface area (Å²) in [6, 6.07) is 67.0. The average Bonchev–Trinajstić information content (AvgIpc) is 3.89. The minimum absolute atomic E-state index is 0.806. The van der Waals surface area contributed by atoms with Gasteiger partial charge in [0.1, 0.15) is 5.69 Å². The third-order valence-electron chi connectivity index (χ3n) is 11.2. The van der Waals surface area contributed by atoms with Crippen molar-refractivity contribution in [3.05, 3.63) is 188 Å². The smallest absolute Gasteiger partial charge is 0.165 e. The molecule has 12 aromatic rings. The summed E-state index contributed by atoms with van der Waals surface area (Å²) in [4.78, 5) is 10.8. The summed E-state index contributed by atoms with van der Waals surface area (Å²) in [6.07, 6.45) is 0. The van der Waals surface area contributed by atoms with Crippen LogP contribution in [-0.4, -0.2) is 23.7 Å². The van der Waals surface area contributed by atoms with Gasteiger partial charge in [-0.2, -0.15) is 0 Å². The molecule has 8 aromatic carbocycles. The molecule has 256 valence electrons. The molecule has 0 aliphatic carbocycles. The quantitative estimate of drug-likeness (QED) is 0.183. The number of aromatic nitrogens is 5. The first-order valence-electron chi connectivity index (χ1n) is 18.7. The zero-order chi connectivity index (χ0) is 36.0. The first kappa shape index (κ1) is 30.0. The van der Waals surface area contributed by atoms with Crippen LogP contribution < -0.4 is 0 Å². The summed E-state index contributed by atoms with van der Waals surface area (Å²) in [5.74, 6) is 0.806. The van der Waals surface area contributed by atoms with Gasteiger partial charge in [-0.25, -0.2) is 9.97 Å². The first-order chi connectivity index (χ1) is 27.3. The van der Waals surface area contributed by atoms with E-state index in [4.69, 9.17) is 9.97 Å². The standard InChI is InChI=1S/C50H31N5/c1-3-15-32(16-4-1)47-50(52-42-23-11-10-22-41(42)51-47)55-45-26-14-9-21-37(45)40-30-29-39-36-20-8-13-25-44(36)54(48(39)49(40)55)34-27-28-38-35-19-7-12-24-43(35)53(46(38)31-34)33-17-5-2-6-18-33/h1-31H. The summed E-state index contributed by atoms with van der Waals surface area (Å²) in [5.41, 5.74) is 12.6. The maximum absolute atomic E-state index is 5.46. The van der Waals surface area contributed by atoms with Gasteiger partial charge >= 0.3 is 0 Å². The number of rotatable bonds is 4. The summed E-state index contributed by atoms with van der Waals surface area (Å²) >= 11 is 0. The molecule has 0 unspecified atom stereocenters. The highest BCUT2D eigenvalue weighted by Gasteiger charge is 2.24. The van der Waals surface area contributed by atoms with E-state index in [1.165, 1.54) is 37.8 Å². The van der Waals surface area contributed by atoms with Crippen LogP contribution in [0.15, 0.2) is 188 Å². The van der Waals surface area contributed by atoms with Crippen LogP contribution in [0.25, 0.3) is 105 Å². The number of hydrogen-bond donors (Lipinski definition) is 0. The number of benzene rings is 8. The number of nitrogens with zero attached hydrogens (tertiary/aromatic N) is 5. The second-order valence-electron chi connectivity index (χ2n) is 14.2. The molecule has 0 spiro atoms. The van der Waals surface area contributed by atoms with E-state index < -0.39 is 0 Å². The Kier molecular flexibility index (Phi) is 6.27. The molecule has 0 bridgehead atoms. The van der Waals surface area contributed by atoms with Gasteiger partial charge in [0.05, 0.1) is 44.1 Å². The lowest BCUT2D eigenvalue weighted by Crippen LogP contribution is -2.05. The number of fused-ring (bicyclic) bond motifs is 11. The fourth-order valence-corrected chi connectivity index (χ4v) is 8.88. The van der Waals surface area contributed by atoms with Crippen molar-refractivity contribution in [2.75, 3.05) is 0 Å². The Morgan fingerprint density at radius 2 is 0.782 bits per heavy atom. The molecule has 4 aromatic heterocycles. The van der Waals surface area contributed by atoms with Crippen LogP contribution >= 0.6 is 0 Å². The largest absolute Gasteiger partial charge is 0.309 e. The fraction of sp³-hybridized carbons (Fsp3) is 0. The van der Waals surface area contributed by atoms with Gasteiger partial charge in [0, 0.05) is 49.3 Å². The van der Waals surface area contributed by atoms with Crippen LogP contribution in [0.3, 0.4) is 0 Å². The van der Waals surface area contributed by atoms with E-state index in [2.05, 4.69) is 177 Å². The Morgan fingerprint density at radius 1 is 0.309 bits per heavy atom. The lowest BCUT2D eigenvalue weighted by atomic mass is 10.1. The summed E-state index contributed by atoms with van der Waals surface area (Å²) < 4.78 is 7.22. The SMILES string of the molecule is c1ccc(-c2nc3ccccc3nc2-n2c3ccccc3c3ccc4c5ccccc5n(-c5ccc6c7ccccc7n(-c7ccccc7)c6c5)c4c32)cc1. The molecule has 0 radical (unpaired) electrons. The minimum atomic E-state index is 0.806. The average molecular weight is 702 g/mol. The number of hydrogen-bond acceptors (Lipinski definition) is 2. The van der Waals surface area contributed by atoms with Crippen molar-refractivity contribution < 1.29 is 0 Å². The van der Waals surface area contributed by atoms with Crippen molar-refractivity contribution in [2.45, 2.75) is 0 Å². The molecule has 0 aliphatic rings. The molecule has 4 heterocycles. The van der Waals surface area contributed by atoms with Crippen molar-refractivity contribution in [2.24, 2.45) is 0 Å². The van der Waals surface area contributed by atoms with E-state index in [0.717, 1.165) is 67.1 Å². The lowest BCUT2D eigenvalue weighted by molar-refractivity contribution is 1.08. The molecular weight excluding hydrogens is 671 g/mol. The Hall–Kier alpha value is -7.50. The second kappa shape index (κ2) is 11.5. The molecule has 0 atom stereocenters. The summed E-state index contributed by atoms with van der Waals surface area (Å²) in [5, 5.41) is 7.19. The molecule has 0 fully saturated rings. The van der Waals surface area contributed by atoms with Gasteiger partial charge in [-0.15, -0.1) is 0 Å². The van der Waals surface area contributed by atoms with Crippen LogP contribution in [0.5, 0.6) is 0 Å². The van der Waals surface area contributed by atoms with Crippen LogP contribution in [0.2, 0.25) is 0 Å². The van der Waals surface area contributed by atoms with Gasteiger partial charge in [0.15, 0.2) is 5.82 Å². The van der Waals surface area contributed by atoms with Crippen molar-refractivity contribution in [3.63, 3.8) is 0 Å². The first-order valence-corrected chi connectivity index (χ1v) is 18.7. The molecule has 0 N–H and O–H groups in total. The van der Waals surface area contributed by atoms with E-state index in [9.17, 15) is 0 Å². The van der Waals surface area contributed by atoms with E-state index in [1.807, 2.05) is 24.3 Å². The summed E-state index contributed by atoms with van der Waals surface area (Å²) in [7, 11) is 0. The zero-order valence-electron chi connectivity index (χ0n) is 29.6. The molecule has 0 amide bonds. The second-order valence-corrected chi connectivity index (χ2v) is 14.2. The van der Waals surface area contributed by atoms with E-state index in [-0.39, 0.29) is 0 Å². The molecule has 0 aliphatic heterocycles. The third kappa shape index (κ3) is 4.29. The van der Waals surface area contributed by atoms with Gasteiger partial charge in [-0.05, 0) is 54.6 Å². The predicted molar refractivity (Wildman–Crippen MR) is 228 cm³/mol. The highest BCUT2D eigenvalue weighted by molar-refractivity contribution is 6.24. The van der Waals surface area contributed by atoms with Crippen molar-refractivity contribution in [1.82, 2.24) is 23.7 Å². The summed E-state index contributed by atoms with van der Waals surface area (Å²) in [6.45, 7) is 0. The molecule has 0 saturated carbocycles. The highest BCUT2D eigenvalue weighted by Crippen LogP contribution is 2.43. The molecule has 55 heavy (non-hydrogen) atoms. The van der Waals surface area contributed by atoms with Crippen molar-refractivity contribution in [3.8, 4) is 28.5 Å². The van der Waals surface area contributed by atoms with Crippen LogP contribution in [0.1, 0.15) is 0 Å². The van der Waals surface area contributed by atoms with Crippen molar-refractivity contribution in [1.29, 1.82) is 0 Å². The van der Waals surface area contributed by atoms with E-state index in [1.54, 1.807) is 0 Å². The van der Waals surface area contributed by atoms with E-state index in [0.29, 0.717) is 0 Å². The fourth-order valence-electron chi connectivity index (χ4n) is 8.88. The minimum Gasteiger partial charge on any atom is -0.309 e. The van der Waals surface area contributed by atoms with E-state index >= 15 is 0 Å². The molecule has 12 rings (SSSR count). The zero-order valence-corrected chi connectivity index (χ0v) is 29.6. The predicted octanol–water partition coefficient (Wildman–Crippen LogP) is 12.6.